The van der Waals surface area contributed by atoms with Gasteiger partial charge in [0.15, 0.2) is 11.6 Å². The average Bonchev–Trinajstić information content (AvgIpc) is 3.23. The number of rotatable bonds is 7. The van der Waals surface area contributed by atoms with Gasteiger partial charge in [0.05, 0.1) is 33.6 Å². The molecule has 3 aromatic heterocycles. The van der Waals surface area contributed by atoms with Gasteiger partial charge in [-0.15, -0.1) is 5.10 Å². The first-order chi connectivity index (χ1) is 15.7. The second-order valence-electron chi connectivity index (χ2n) is 5.82. The average molecular weight is 479 g/mol. The molecule has 16 heteroatoms. The molecule has 0 fully saturated rings. The molecule has 0 saturated heterocycles. The van der Waals surface area contributed by atoms with Gasteiger partial charge in [0.25, 0.3) is 10.0 Å². The number of sulfonamides is 1. The summed E-state index contributed by atoms with van der Waals surface area (Å²) in [5.41, 5.74) is 0. The predicted octanol–water partition coefficient (Wildman–Crippen LogP) is 0.730. The number of hydrogen-bond donors (Lipinski definition) is 2. The van der Waals surface area contributed by atoms with Gasteiger partial charge < -0.3 is 18.9 Å². The smallest absolute Gasteiger partial charge is 0.481 e. The van der Waals surface area contributed by atoms with Crippen LogP contribution in [0.15, 0.2) is 41.7 Å². The van der Waals surface area contributed by atoms with E-state index in [4.69, 9.17) is 14.2 Å². The van der Waals surface area contributed by atoms with Crippen molar-refractivity contribution in [2.75, 3.05) is 26.6 Å². The predicted molar refractivity (Wildman–Crippen MR) is 109 cm³/mol. The molecule has 0 atom stereocenters. The number of carbonyl (C=O) groups excluding carboxylic acids is 2. The third-order valence-corrected chi connectivity index (χ3v) is 4.94. The van der Waals surface area contributed by atoms with Gasteiger partial charge in [-0.3, -0.25) is 5.32 Å². The minimum atomic E-state index is -4.66. The summed E-state index contributed by atoms with van der Waals surface area (Å²) in [7, 11) is -0.959. The maximum absolute atomic E-state index is 12.8. The van der Waals surface area contributed by atoms with E-state index in [0.717, 1.165) is 18.0 Å². The zero-order valence-electron chi connectivity index (χ0n) is 17.4. The van der Waals surface area contributed by atoms with Gasteiger partial charge in [-0.2, -0.15) is 18.4 Å². The van der Waals surface area contributed by atoms with Gasteiger partial charge in [-0.1, -0.05) is 6.07 Å². The molecule has 0 aromatic carbocycles. The molecule has 0 bridgehead atoms. The van der Waals surface area contributed by atoms with E-state index in [1.807, 2.05) is 0 Å². The van der Waals surface area contributed by atoms with Gasteiger partial charge in [-0.05, 0) is 12.1 Å². The number of anilines is 1. The fraction of sp³-hybridized carbons (Fsp3) is 0.176. The van der Waals surface area contributed by atoms with Crippen molar-refractivity contribution >= 4 is 28.2 Å². The number of pyridine rings is 1. The van der Waals surface area contributed by atoms with E-state index in [1.165, 1.54) is 32.5 Å². The van der Waals surface area contributed by atoms with Gasteiger partial charge in [0, 0.05) is 6.20 Å². The van der Waals surface area contributed by atoms with Crippen molar-refractivity contribution in [3.05, 3.63) is 36.7 Å². The van der Waals surface area contributed by atoms with Crippen LogP contribution in [0.2, 0.25) is 0 Å². The number of carbonyl (C=O) groups is 2. The molecule has 0 saturated carbocycles. The topological polar surface area (TPSA) is 186 Å². The van der Waals surface area contributed by atoms with E-state index in [9.17, 15) is 18.0 Å². The standard InChI is InChI=1S/C17H17N7O8S/c1-29-12-8-13(30-2)20-15(19-12)21-16(25)23-33(27,28)14-10(32-17(26)31-3)9-24(22-14)11-6-4-5-7-18-11/h4-9H,1-3H3,(H2,19,20,21,23,25). The second kappa shape index (κ2) is 9.77. The molecule has 2 amide bonds. The third-order valence-electron chi connectivity index (χ3n) is 3.70. The lowest BCUT2D eigenvalue weighted by Gasteiger charge is -2.09. The first-order valence-electron chi connectivity index (χ1n) is 8.83. The molecular formula is C17H17N7O8S. The largest absolute Gasteiger partial charge is 0.513 e. The van der Waals surface area contributed by atoms with Crippen molar-refractivity contribution < 1.29 is 37.0 Å². The van der Waals surface area contributed by atoms with E-state index >= 15 is 0 Å². The van der Waals surface area contributed by atoms with E-state index in [0.29, 0.717) is 0 Å². The fourth-order valence-corrected chi connectivity index (χ4v) is 3.25. The number of hydrogen-bond acceptors (Lipinski definition) is 12. The molecule has 3 aromatic rings. The molecule has 0 unspecified atom stereocenters. The third kappa shape index (κ3) is 5.62. The molecule has 15 nitrogen and oxygen atoms in total. The SMILES string of the molecule is COC(=O)Oc1cn(-c2ccccn2)nc1S(=O)(=O)NC(=O)Nc1nc(OC)cc(OC)n1. The highest BCUT2D eigenvalue weighted by atomic mass is 32.2. The fourth-order valence-electron chi connectivity index (χ4n) is 2.30. The molecule has 174 valence electrons. The summed E-state index contributed by atoms with van der Waals surface area (Å²) in [4.78, 5) is 35.6. The first kappa shape index (κ1) is 23.2. The number of ether oxygens (including phenoxy) is 4. The van der Waals surface area contributed by atoms with Crippen LogP contribution in [-0.2, 0) is 14.8 Å². The molecule has 0 spiro atoms. The lowest BCUT2D eigenvalue weighted by atomic mass is 10.5. The summed E-state index contributed by atoms with van der Waals surface area (Å²) in [6.45, 7) is 0. The number of methoxy groups -OCH3 is 3. The van der Waals surface area contributed by atoms with Crippen molar-refractivity contribution in [3.8, 4) is 23.3 Å². The van der Waals surface area contributed by atoms with Crippen LogP contribution in [-0.4, -0.2) is 66.7 Å². The lowest BCUT2D eigenvalue weighted by Crippen LogP contribution is -2.35. The summed E-state index contributed by atoms with van der Waals surface area (Å²) in [6, 6.07) is 4.91. The number of nitrogens with one attached hydrogen (secondary N) is 2. The van der Waals surface area contributed by atoms with Gasteiger partial charge in [-0.25, -0.2) is 24.0 Å². The summed E-state index contributed by atoms with van der Waals surface area (Å²) in [5.74, 6) is -0.475. The Bertz CT molecular complexity index is 1240. The van der Waals surface area contributed by atoms with Gasteiger partial charge in [0.1, 0.15) is 0 Å². The highest BCUT2D eigenvalue weighted by molar-refractivity contribution is 7.90. The van der Waals surface area contributed by atoms with E-state index in [-0.39, 0.29) is 23.5 Å². The van der Waals surface area contributed by atoms with E-state index < -0.39 is 33.0 Å². The molecule has 0 aliphatic heterocycles. The van der Waals surface area contributed by atoms with Crippen LogP contribution >= 0.6 is 0 Å². The second-order valence-corrected chi connectivity index (χ2v) is 7.42. The Balaban J connectivity index is 1.89. The molecule has 3 heterocycles. The van der Waals surface area contributed by atoms with Crippen LogP contribution in [0.5, 0.6) is 17.5 Å². The van der Waals surface area contributed by atoms with Gasteiger partial charge in [0.2, 0.25) is 22.7 Å². The van der Waals surface area contributed by atoms with Crippen LogP contribution in [0.4, 0.5) is 15.5 Å². The van der Waals surface area contributed by atoms with Gasteiger partial charge >= 0.3 is 12.2 Å². The molecular weight excluding hydrogens is 462 g/mol. The van der Waals surface area contributed by atoms with Crippen molar-refractivity contribution in [2.45, 2.75) is 5.03 Å². The van der Waals surface area contributed by atoms with Crippen LogP contribution in [0.25, 0.3) is 5.82 Å². The number of urea groups is 1. The zero-order valence-corrected chi connectivity index (χ0v) is 18.2. The Hall–Kier alpha value is -4.47. The summed E-state index contributed by atoms with van der Waals surface area (Å²) in [5, 5.41) is 5.23. The Labute approximate surface area is 186 Å². The molecule has 33 heavy (non-hydrogen) atoms. The van der Waals surface area contributed by atoms with Crippen LogP contribution in [0, 0.1) is 0 Å². The van der Waals surface area contributed by atoms with E-state index in [1.54, 1.807) is 16.9 Å². The molecule has 2 N–H and O–H groups in total. The Morgan fingerprint density at radius 1 is 1.06 bits per heavy atom. The van der Waals surface area contributed by atoms with Crippen molar-refractivity contribution in [1.82, 2.24) is 29.5 Å². The summed E-state index contributed by atoms with van der Waals surface area (Å²) in [6.07, 6.45) is 1.33. The maximum Gasteiger partial charge on any atom is 0.513 e. The highest BCUT2D eigenvalue weighted by Gasteiger charge is 2.29. The number of nitrogens with zero attached hydrogens (tertiary/aromatic N) is 5. The van der Waals surface area contributed by atoms with Crippen LogP contribution < -0.4 is 24.2 Å². The van der Waals surface area contributed by atoms with E-state index in [2.05, 4.69) is 30.1 Å². The number of amides is 2. The summed E-state index contributed by atoms with van der Waals surface area (Å²) >= 11 is 0. The first-order valence-corrected chi connectivity index (χ1v) is 10.3. The molecule has 0 radical (unpaired) electrons. The lowest BCUT2D eigenvalue weighted by molar-refractivity contribution is 0.120. The quantitative estimate of drug-likeness (QED) is 0.453. The summed E-state index contributed by atoms with van der Waals surface area (Å²) < 4.78 is 47.6. The monoisotopic (exact) mass is 479 g/mol. The zero-order chi connectivity index (χ0) is 24.0. The normalized spacial score (nSPS) is 10.8. The Morgan fingerprint density at radius 3 is 2.33 bits per heavy atom. The van der Waals surface area contributed by atoms with Crippen molar-refractivity contribution in [3.63, 3.8) is 0 Å². The van der Waals surface area contributed by atoms with Crippen LogP contribution in [0.1, 0.15) is 0 Å². The van der Waals surface area contributed by atoms with Crippen molar-refractivity contribution in [1.29, 1.82) is 0 Å². The highest BCUT2D eigenvalue weighted by Crippen LogP contribution is 2.24. The van der Waals surface area contributed by atoms with Crippen molar-refractivity contribution in [2.24, 2.45) is 0 Å². The Morgan fingerprint density at radius 2 is 1.76 bits per heavy atom. The molecule has 0 aliphatic carbocycles. The minimum absolute atomic E-state index is 0.0582. The van der Waals surface area contributed by atoms with Crippen LogP contribution in [0.3, 0.4) is 0 Å². The Kier molecular flexibility index (Phi) is 6.87. The molecule has 0 aliphatic rings. The minimum Gasteiger partial charge on any atom is -0.481 e. The maximum atomic E-state index is 12.8. The molecule has 3 rings (SSSR count). The number of aromatic nitrogens is 5.